The number of hydrogen-bond acceptors (Lipinski definition) is 6. The molecule has 2 atom stereocenters. The zero-order valence-corrected chi connectivity index (χ0v) is 19.0. The quantitative estimate of drug-likeness (QED) is 0.686. The lowest BCUT2D eigenvalue weighted by atomic mass is 10.2. The van der Waals surface area contributed by atoms with E-state index in [0.29, 0.717) is 23.7 Å². The molecule has 1 aromatic heterocycles. The minimum atomic E-state index is -3.61. The Hall–Kier alpha value is -1.92. The second kappa shape index (κ2) is 8.91. The Morgan fingerprint density at radius 3 is 2.39 bits per heavy atom. The smallest absolute Gasteiger partial charge is 0.282 e. The van der Waals surface area contributed by atoms with E-state index in [1.54, 1.807) is 28.5 Å². The number of thiazole rings is 1. The Labute approximate surface area is 185 Å². The van der Waals surface area contributed by atoms with Crippen LogP contribution in [-0.4, -0.2) is 84.3 Å². The molecule has 0 saturated carbocycles. The molecule has 2 saturated heterocycles. The Morgan fingerprint density at radius 1 is 1.10 bits per heavy atom. The molecule has 0 N–H and O–H groups in total. The van der Waals surface area contributed by atoms with Crippen molar-refractivity contribution < 1.29 is 22.3 Å². The van der Waals surface area contributed by atoms with Crippen LogP contribution >= 0.6 is 11.3 Å². The Morgan fingerprint density at radius 2 is 1.74 bits per heavy atom. The average molecular weight is 469 g/mol. The summed E-state index contributed by atoms with van der Waals surface area (Å²) in [6.45, 7) is 5.36. The predicted octanol–water partition coefficient (Wildman–Crippen LogP) is 2.06. The molecule has 1 amide bonds. The van der Waals surface area contributed by atoms with Crippen LogP contribution in [-0.2, 0) is 14.9 Å². The maximum Gasteiger partial charge on any atom is 0.282 e. The van der Waals surface area contributed by atoms with Crippen LogP contribution in [0.25, 0.3) is 10.6 Å². The molecule has 0 spiro atoms. The highest BCUT2D eigenvalue weighted by molar-refractivity contribution is 7.86. The largest absolute Gasteiger partial charge is 0.373 e. The molecule has 4 rings (SSSR count). The van der Waals surface area contributed by atoms with Crippen LogP contribution in [0, 0.1) is 5.82 Å². The van der Waals surface area contributed by atoms with Gasteiger partial charge in [-0.2, -0.15) is 17.0 Å². The number of rotatable bonds is 4. The van der Waals surface area contributed by atoms with Crippen molar-refractivity contribution >= 4 is 27.5 Å². The average Bonchev–Trinajstić information content (AvgIpc) is 3.23. The summed E-state index contributed by atoms with van der Waals surface area (Å²) in [5, 5.41) is 2.06. The lowest BCUT2D eigenvalue weighted by Crippen LogP contribution is -2.57. The summed E-state index contributed by atoms with van der Waals surface area (Å²) in [7, 11) is -3.61. The fourth-order valence-corrected chi connectivity index (χ4v) is 6.46. The summed E-state index contributed by atoms with van der Waals surface area (Å²) in [5.41, 5.74) is 0.604. The van der Waals surface area contributed by atoms with Crippen LogP contribution in [0.4, 0.5) is 4.39 Å². The van der Waals surface area contributed by atoms with Gasteiger partial charge in [0.15, 0.2) is 0 Å². The van der Waals surface area contributed by atoms with E-state index in [1.165, 1.54) is 26.0 Å². The van der Waals surface area contributed by atoms with Crippen LogP contribution in [0.2, 0.25) is 0 Å². The van der Waals surface area contributed by atoms with Crippen molar-refractivity contribution in [3.05, 3.63) is 41.2 Å². The molecule has 1 aromatic carbocycles. The molecule has 8 nitrogen and oxygen atoms in total. The van der Waals surface area contributed by atoms with Gasteiger partial charge >= 0.3 is 0 Å². The summed E-state index contributed by atoms with van der Waals surface area (Å²) in [5.74, 6) is -0.661. The van der Waals surface area contributed by atoms with Gasteiger partial charge < -0.3 is 9.64 Å². The van der Waals surface area contributed by atoms with Crippen molar-refractivity contribution in [2.45, 2.75) is 26.1 Å². The highest BCUT2D eigenvalue weighted by Crippen LogP contribution is 2.27. The number of carbonyl (C=O) groups is 1. The number of carbonyl (C=O) groups excluding carboxylic acids is 1. The molecular formula is C20H25FN4O4S2. The Bertz CT molecular complexity index is 1040. The van der Waals surface area contributed by atoms with Gasteiger partial charge in [-0.25, -0.2) is 9.37 Å². The van der Waals surface area contributed by atoms with Gasteiger partial charge in [-0.05, 0) is 26.0 Å². The van der Waals surface area contributed by atoms with Gasteiger partial charge in [-0.3, -0.25) is 4.79 Å². The predicted molar refractivity (Wildman–Crippen MR) is 115 cm³/mol. The number of nitrogens with zero attached hydrogens (tertiary/aromatic N) is 4. The van der Waals surface area contributed by atoms with Crippen molar-refractivity contribution in [2.24, 2.45) is 0 Å². The standard InChI is InChI=1S/C20H25FN4O4S2/c1-14-11-25(12-15(2)29-14)31(27,28)24-9-7-23(8-10-24)20(26)18-13-30-19(22-18)16-5-3-4-6-17(16)21/h3-6,13-15H,7-12H2,1-2H3. The first kappa shape index (κ1) is 22.3. The third-order valence-electron chi connectivity index (χ3n) is 5.39. The van der Waals surface area contributed by atoms with Crippen LogP contribution in [0.5, 0.6) is 0 Å². The molecule has 31 heavy (non-hydrogen) atoms. The van der Waals surface area contributed by atoms with Crippen molar-refractivity contribution in [2.75, 3.05) is 39.3 Å². The van der Waals surface area contributed by atoms with E-state index in [9.17, 15) is 17.6 Å². The number of piperazine rings is 1. The first-order valence-electron chi connectivity index (χ1n) is 10.2. The molecule has 11 heteroatoms. The van der Waals surface area contributed by atoms with Crippen LogP contribution in [0.1, 0.15) is 24.3 Å². The number of amides is 1. The fourth-order valence-electron chi connectivity index (χ4n) is 3.90. The molecule has 168 valence electrons. The lowest BCUT2D eigenvalue weighted by Gasteiger charge is -2.40. The molecule has 2 unspecified atom stereocenters. The van der Waals surface area contributed by atoms with Crippen LogP contribution in [0.15, 0.2) is 29.6 Å². The summed E-state index contributed by atoms with van der Waals surface area (Å²) < 4.78 is 48.5. The fraction of sp³-hybridized carbons (Fsp3) is 0.500. The molecular weight excluding hydrogens is 443 g/mol. The minimum absolute atomic E-state index is 0.158. The molecule has 2 fully saturated rings. The number of ether oxygens (including phenoxy) is 1. The van der Waals surface area contributed by atoms with Gasteiger partial charge in [0, 0.05) is 50.2 Å². The van der Waals surface area contributed by atoms with E-state index >= 15 is 0 Å². The molecule has 0 aliphatic carbocycles. The maximum absolute atomic E-state index is 14.0. The number of hydrogen-bond donors (Lipinski definition) is 0. The highest BCUT2D eigenvalue weighted by atomic mass is 32.2. The number of benzene rings is 1. The van der Waals surface area contributed by atoms with Crippen molar-refractivity contribution in [3.8, 4) is 10.6 Å². The first-order chi connectivity index (χ1) is 14.8. The van der Waals surface area contributed by atoms with Gasteiger partial charge in [-0.15, -0.1) is 11.3 Å². The normalized spacial score (nSPS) is 23.8. The first-order valence-corrected chi connectivity index (χ1v) is 12.4. The minimum Gasteiger partial charge on any atom is -0.373 e. The Kier molecular flexibility index (Phi) is 6.40. The van der Waals surface area contributed by atoms with E-state index in [4.69, 9.17) is 4.74 Å². The third kappa shape index (κ3) is 4.65. The van der Waals surface area contributed by atoms with E-state index in [1.807, 2.05) is 13.8 Å². The monoisotopic (exact) mass is 468 g/mol. The maximum atomic E-state index is 14.0. The summed E-state index contributed by atoms with van der Waals surface area (Å²) in [6.07, 6.45) is -0.315. The van der Waals surface area contributed by atoms with Crippen molar-refractivity contribution in [3.63, 3.8) is 0 Å². The van der Waals surface area contributed by atoms with Gasteiger partial charge in [0.05, 0.1) is 12.2 Å². The molecule has 3 heterocycles. The van der Waals surface area contributed by atoms with E-state index in [2.05, 4.69) is 4.98 Å². The van der Waals surface area contributed by atoms with Gasteiger partial charge in [0.25, 0.3) is 16.1 Å². The third-order valence-corrected chi connectivity index (χ3v) is 8.24. The molecule has 2 aliphatic heterocycles. The zero-order chi connectivity index (χ0) is 22.2. The number of halogens is 1. The highest BCUT2D eigenvalue weighted by Gasteiger charge is 2.37. The zero-order valence-electron chi connectivity index (χ0n) is 17.4. The van der Waals surface area contributed by atoms with Crippen LogP contribution < -0.4 is 0 Å². The second-order valence-electron chi connectivity index (χ2n) is 7.79. The second-order valence-corrected chi connectivity index (χ2v) is 10.6. The van der Waals surface area contributed by atoms with Crippen LogP contribution in [0.3, 0.4) is 0 Å². The molecule has 0 bridgehead atoms. The molecule has 2 aromatic rings. The summed E-state index contributed by atoms with van der Waals surface area (Å²) in [6, 6.07) is 6.30. The van der Waals surface area contributed by atoms with E-state index in [-0.39, 0.29) is 55.8 Å². The number of morpholine rings is 1. The van der Waals surface area contributed by atoms with Gasteiger partial charge in [0.2, 0.25) is 0 Å². The van der Waals surface area contributed by atoms with Crippen molar-refractivity contribution in [1.29, 1.82) is 0 Å². The Balaban J connectivity index is 1.40. The molecule has 0 radical (unpaired) electrons. The summed E-state index contributed by atoms with van der Waals surface area (Å²) >= 11 is 1.21. The SMILES string of the molecule is CC1CN(S(=O)(=O)N2CCN(C(=O)c3csc(-c4ccccc4F)n3)CC2)CC(C)O1. The van der Waals surface area contributed by atoms with Crippen molar-refractivity contribution in [1.82, 2.24) is 18.5 Å². The molecule has 2 aliphatic rings. The lowest BCUT2D eigenvalue weighted by molar-refractivity contribution is -0.0457. The van der Waals surface area contributed by atoms with E-state index in [0.717, 1.165) is 0 Å². The van der Waals surface area contributed by atoms with E-state index < -0.39 is 10.2 Å². The number of aromatic nitrogens is 1. The topological polar surface area (TPSA) is 83.1 Å². The van der Waals surface area contributed by atoms with Gasteiger partial charge in [0.1, 0.15) is 16.5 Å². The van der Waals surface area contributed by atoms with Gasteiger partial charge in [-0.1, -0.05) is 12.1 Å². The summed E-state index contributed by atoms with van der Waals surface area (Å²) in [4.78, 5) is 18.8.